The summed E-state index contributed by atoms with van der Waals surface area (Å²) in [4.78, 5) is 12.3. The van der Waals surface area contributed by atoms with E-state index in [1.54, 1.807) is 11.8 Å². The molecule has 3 aliphatic heterocycles. The van der Waals surface area contributed by atoms with Crippen molar-refractivity contribution in [1.82, 2.24) is 10.2 Å². The number of rotatable bonds is 4. The van der Waals surface area contributed by atoms with Gasteiger partial charge in [-0.2, -0.15) is 0 Å². The quantitative estimate of drug-likeness (QED) is 0.856. The van der Waals surface area contributed by atoms with E-state index in [0.717, 1.165) is 23.9 Å². The first-order valence-corrected chi connectivity index (χ1v) is 11.4. The molecule has 0 radical (unpaired) electrons. The third-order valence-electron chi connectivity index (χ3n) is 5.56. The van der Waals surface area contributed by atoms with Gasteiger partial charge in [0.25, 0.3) is 0 Å². The molecule has 1 N–H and O–H groups in total. The summed E-state index contributed by atoms with van der Waals surface area (Å²) in [5.41, 5.74) is 2.76. The molecule has 5 rings (SSSR count). The van der Waals surface area contributed by atoms with Gasteiger partial charge in [-0.15, -0.1) is 0 Å². The van der Waals surface area contributed by atoms with E-state index in [2.05, 4.69) is 46.0 Å². The zero-order valence-electron chi connectivity index (χ0n) is 14.8. The largest absolute Gasteiger partial charge is 0.360 e. The maximum atomic E-state index is 4.93. The van der Waals surface area contributed by atoms with Crippen molar-refractivity contribution in [3.05, 3.63) is 47.0 Å². The second-order valence-electron chi connectivity index (χ2n) is 7.42. The Bertz CT molecular complexity index is 758. The minimum Gasteiger partial charge on any atom is -0.360 e. The van der Waals surface area contributed by atoms with Gasteiger partial charge in [-0.1, -0.05) is 66.7 Å². The van der Waals surface area contributed by atoms with E-state index in [9.17, 15) is 0 Å². The molecule has 26 heavy (non-hydrogen) atoms. The van der Waals surface area contributed by atoms with Crippen molar-refractivity contribution >= 4 is 33.9 Å². The van der Waals surface area contributed by atoms with Crippen LogP contribution in [0.1, 0.15) is 31.2 Å². The second kappa shape index (κ2) is 7.31. The number of hydrogen-bond acceptors (Lipinski definition) is 6. The van der Waals surface area contributed by atoms with Crippen LogP contribution >= 0.6 is 23.5 Å². The summed E-state index contributed by atoms with van der Waals surface area (Å²) in [6.45, 7) is 1.01. The zero-order valence-corrected chi connectivity index (χ0v) is 16.4. The molecule has 4 nitrogen and oxygen atoms in total. The first-order chi connectivity index (χ1) is 12.8. The van der Waals surface area contributed by atoms with Crippen molar-refractivity contribution in [1.29, 1.82) is 0 Å². The minimum absolute atomic E-state index is 0.374. The number of nitrogens with zero attached hydrogens (tertiary/aromatic N) is 3. The van der Waals surface area contributed by atoms with Gasteiger partial charge in [0.15, 0.2) is 10.3 Å². The lowest BCUT2D eigenvalue weighted by Crippen LogP contribution is -2.36. The lowest BCUT2D eigenvalue weighted by molar-refractivity contribution is 0.385. The van der Waals surface area contributed by atoms with Gasteiger partial charge in [0.2, 0.25) is 0 Å². The van der Waals surface area contributed by atoms with Gasteiger partial charge in [0.05, 0.1) is 18.1 Å². The molecule has 0 bridgehead atoms. The number of aliphatic imine (C=N–C) groups is 2. The van der Waals surface area contributed by atoms with Crippen molar-refractivity contribution < 1.29 is 0 Å². The molecule has 4 aliphatic rings. The monoisotopic (exact) mass is 384 g/mol. The molecule has 6 heteroatoms. The Morgan fingerprint density at radius 3 is 2.92 bits per heavy atom. The summed E-state index contributed by atoms with van der Waals surface area (Å²) in [6, 6.07) is 12.2. The van der Waals surface area contributed by atoms with Crippen LogP contribution in [0.3, 0.4) is 0 Å². The number of nitrogens with one attached hydrogen (secondary N) is 1. The smallest absolute Gasteiger partial charge is 0.168 e. The van der Waals surface area contributed by atoms with Gasteiger partial charge in [0, 0.05) is 18.0 Å². The average molecular weight is 385 g/mol. The molecule has 3 heterocycles. The summed E-state index contributed by atoms with van der Waals surface area (Å²) >= 11 is 3.64. The number of hydrogen-bond donors (Lipinski definition) is 1. The summed E-state index contributed by atoms with van der Waals surface area (Å²) < 4.78 is 0. The molecule has 1 aliphatic carbocycles. The predicted octanol–water partition coefficient (Wildman–Crippen LogP) is 3.86. The van der Waals surface area contributed by atoms with Crippen molar-refractivity contribution in [2.75, 3.05) is 12.3 Å². The number of fused-ring (bicyclic) bond motifs is 2. The van der Waals surface area contributed by atoms with Crippen molar-refractivity contribution in [3.63, 3.8) is 0 Å². The third kappa shape index (κ3) is 3.41. The van der Waals surface area contributed by atoms with E-state index in [1.807, 2.05) is 11.8 Å². The lowest BCUT2D eigenvalue weighted by Gasteiger charge is -2.23. The van der Waals surface area contributed by atoms with Crippen LogP contribution in [0.25, 0.3) is 0 Å². The van der Waals surface area contributed by atoms with Crippen LogP contribution in [-0.4, -0.2) is 45.7 Å². The highest BCUT2D eigenvalue weighted by Crippen LogP contribution is 2.35. The number of benzene rings is 1. The molecule has 136 valence electrons. The summed E-state index contributed by atoms with van der Waals surface area (Å²) in [7, 11) is 0. The molecule has 0 amide bonds. The van der Waals surface area contributed by atoms with E-state index in [0.29, 0.717) is 18.1 Å². The highest BCUT2D eigenvalue weighted by atomic mass is 32.2. The maximum absolute atomic E-state index is 4.93. The van der Waals surface area contributed by atoms with E-state index >= 15 is 0 Å². The molecule has 1 aromatic carbocycles. The van der Waals surface area contributed by atoms with Gasteiger partial charge >= 0.3 is 0 Å². The summed E-state index contributed by atoms with van der Waals surface area (Å²) in [5, 5.41) is 8.25. The van der Waals surface area contributed by atoms with Gasteiger partial charge < -0.3 is 10.2 Å². The molecule has 0 saturated heterocycles. The third-order valence-corrected chi connectivity index (χ3v) is 7.42. The van der Waals surface area contributed by atoms with Crippen LogP contribution < -0.4 is 5.32 Å². The molecule has 1 aromatic rings. The molecular formula is C20H24N4S2. The molecule has 1 fully saturated rings. The van der Waals surface area contributed by atoms with E-state index < -0.39 is 0 Å². The van der Waals surface area contributed by atoms with E-state index in [-0.39, 0.29) is 0 Å². The summed E-state index contributed by atoms with van der Waals surface area (Å²) in [5.74, 6) is 0.981. The van der Waals surface area contributed by atoms with Gasteiger partial charge in [-0.25, -0.2) is 0 Å². The first kappa shape index (κ1) is 16.8. The fourth-order valence-corrected chi connectivity index (χ4v) is 6.24. The zero-order chi connectivity index (χ0) is 17.3. The van der Waals surface area contributed by atoms with Gasteiger partial charge in [0.1, 0.15) is 0 Å². The number of thioether (sulfide) groups is 2. The SMILES string of the molecule is C1=C(CSC2=N[C@@H]3CCCC[C@H]3N2)N2CC(Cc3ccccc3)N=C2S1. The molecule has 1 saturated carbocycles. The van der Waals surface area contributed by atoms with Crippen LogP contribution in [0.5, 0.6) is 0 Å². The molecule has 0 aromatic heterocycles. The first-order valence-electron chi connectivity index (χ1n) is 9.57. The maximum Gasteiger partial charge on any atom is 0.168 e. The van der Waals surface area contributed by atoms with Crippen molar-refractivity contribution in [2.45, 2.75) is 50.2 Å². The Labute approximate surface area is 163 Å². The Kier molecular flexibility index (Phi) is 4.71. The van der Waals surface area contributed by atoms with Crippen LogP contribution in [0.2, 0.25) is 0 Å². The predicted molar refractivity (Wildman–Crippen MR) is 113 cm³/mol. The highest BCUT2D eigenvalue weighted by Gasteiger charge is 2.34. The van der Waals surface area contributed by atoms with Gasteiger partial charge in [-0.05, 0) is 30.2 Å². The summed E-state index contributed by atoms with van der Waals surface area (Å²) in [6.07, 6.45) is 6.24. The Morgan fingerprint density at radius 1 is 1.15 bits per heavy atom. The number of amidine groups is 2. The average Bonchev–Trinajstić information content (AvgIpc) is 3.34. The topological polar surface area (TPSA) is 40.0 Å². The fourth-order valence-electron chi connectivity index (χ4n) is 4.18. The fraction of sp³-hybridized carbons (Fsp3) is 0.500. The molecule has 0 spiro atoms. The van der Waals surface area contributed by atoms with Crippen LogP contribution in [-0.2, 0) is 6.42 Å². The van der Waals surface area contributed by atoms with Crippen LogP contribution in [0, 0.1) is 0 Å². The Hall–Kier alpha value is -1.40. The van der Waals surface area contributed by atoms with Crippen molar-refractivity contribution in [3.8, 4) is 0 Å². The lowest BCUT2D eigenvalue weighted by atomic mass is 9.92. The normalized spacial score (nSPS) is 29.6. The standard InChI is InChI=1S/C20H24N4S2/c1-2-6-14(7-3-1)10-15-11-24-16(13-26-20(24)21-15)12-25-19-22-17-8-4-5-9-18(17)23-19/h1-3,6-7,13,15,17-18H,4-5,8-12H2,(H,22,23)/t15?,17-,18-/m1/s1. The van der Waals surface area contributed by atoms with Gasteiger partial charge in [-0.3, -0.25) is 9.98 Å². The second-order valence-corrected chi connectivity index (χ2v) is 9.22. The molecule has 3 atom stereocenters. The Balaban J connectivity index is 1.16. The molecule has 1 unspecified atom stereocenters. The Morgan fingerprint density at radius 2 is 2.04 bits per heavy atom. The van der Waals surface area contributed by atoms with E-state index in [1.165, 1.54) is 42.1 Å². The molecular weight excluding hydrogens is 360 g/mol. The van der Waals surface area contributed by atoms with Crippen LogP contribution in [0.15, 0.2) is 51.4 Å². The van der Waals surface area contributed by atoms with E-state index in [4.69, 9.17) is 9.98 Å². The van der Waals surface area contributed by atoms with Crippen molar-refractivity contribution in [2.24, 2.45) is 9.98 Å². The van der Waals surface area contributed by atoms with Crippen LogP contribution in [0.4, 0.5) is 0 Å². The minimum atomic E-state index is 0.374. The highest BCUT2D eigenvalue weighted by molar-refractivity contribution is 8.17.